The molecule has 0 aliphatic heterocycles. The van der Waals surface area contributed by atoms with Crippen molar-refractivity contribution in [2.24, 2.45) is 17.6 Å². The number of carboxylic acids is 1. The molecule has 0 bridgehead atoms. The average molecular weight is 761 g/mol. The third kappa shape index (κ3) is 10.7. The maximum atomic E-state index is 14.1. The van der Waals surface area contributed by atoms with Crippen LogP contribution in [0.5, 0.6) is 0 Å². The van der Waals surface area contributed by atoms with E-state index >= 15 is 0 Å². The molecule has 55 heavy (non-hydrogen) atoms. The molecule has 0 spiro atoms. The molecule has 4 aromatic rings. The number of aromatic nitrogens is 2. The number of aliphatic hydroxyl groups is 1. The third-order valence-electron chi connectivity index (χ3n) is 9.75. The Kier molecular flexibility index (Phi) is 14.5. The summed E-state index contributed by atoms with van der Waals surface area (Å²) in [6, 6.07) is 8.16. The topological polar surface area (TPSA) is 261 Å². The van der Waals surface area contributed by atoms with E-state index in [9.17, 15) is 39.0 Å². The second kappa shape index (κ2) is 19.0. The Morgan fingerprint density at radius 3 is 1.53 bits per heavy atom. The Hall–Kier alpha value is -5.74. The summed E-state index contributed by atoms with van der Waals surface area (Å²) in [5.41, 5.74) is 8.41. The number of hydrogen-bond acceptors (Lipinski definition) is 8. The summed E-state index contributed by atoms with van der Waals surface area (Å²) in [5.74, 6) is -5.81. The molecule has 0 radical (unpaired) electrons. The van der Waals surface area contributed by atoms with Gasteiger partial charge >= 0.3 is 5.97 Å². The largest absolute Gasteiger partial charge is 0.480 e. The van der Waals surface area contributed by atoms with Gasteiger partial charge in [-0.05, 0) is 42.0 Å². The fourth-order valence-corrected chi connectivity index (χ4v) is 6.34. The normalized spacial score (nSPS) is 15.3. The van der Waals surface area contributed by atoms with Gasteiger partial charge in [0.05, 0.1) is 12.6 Å². The van der Waals surface area contributed by atoms with Crippen molar-refractivity contribution in [3.8, 4) is 0 Å². The zero-order valence-electron chi connectivity index (χ0n) is 31.6. The highest BCUT2D eigenvalue weighted by molar-refractivity contribution is 5.97. The molecule has 0 saturated carbocycles. The summed E-state index contributed by atoms with van der Waals surface area (Å²) >= 11 is 0. The number of aliphatic carboxylic acids is 1. The van der Waals surface area contributed by atoms with E-state index < -0.39 is 77.7 Å². The van der Waals surface area contributed by atoms with E-state index in [1.54, 1.807) is 33.2 Å². The van der Waals surface area contributed by atoms with Crippen LogP contribution in [0, 0.1) is 11.8 Å². The predicted octanol–water partition coefficient (Wildman–Crippen LogP) is 0.985. The van der Waals surface area contributed by atoms with Gasteiger partial charge < -0.3 is 52.5 Å². The first-order valence-electron chi connectivity index (χ1n) is 18.4. The molecule has 0 aliphatic carbocycles. The first-order valence-corrected chi connectivity index (χ1v) is 18.4. The Balaban J connectivity index is 1.63. The van der Waals surface area contributed by atoms with Crippen LogP contribution >= 0.6 is 0 Å². The molecular formula is C39H52N8O8. The summed E-state index contributed by atoms with van der Waals surface area (Å²) in [7, 11) is 0. The molecule has 7 atom stereocenters. The van der Waals surface area contributed by atoms with Crippen LogP contribution in [0.3, 0.4) is 0 Å². The van der Waals surface area contributed by atoms with Crippen LogP contribution in [0.25, 0.3) is 21.8 Å². The molecule has 4 rings (SSSR count). The van der Waals surface area contributed by atoms with E-state index in [2.05, 4.69) is 36.6 Å². The van der Waals surface area contributed by atoms with Crippen molar-refractivity contribution in [3.63, 3.8) is 0 Å². The lowest BCUT2D eigenvalue weighted by Gasteiger charge is -2.29. The minimum atomic E-state index is -1.61. The van der Waals surface area contributed by atoms with E-state index in [1.807, 2.05) is 55.5 Å². The second-order valence-corrected chi connectivity index (χ2v) is 14.2. The number of carboxylic acid groups (broad SMARTS) is 1. The number of fused-ring (bicyclic) bond motifs is 2. The number of nitrogens with two attached hydrogens (primary N) is 1. The highest BCUT2D eigenvalue weighted by Gasteiger charge is 2.36. The number of aromatic amines is 2. The predicted molar refractivity (Wildman–Crippen MR) is 206 cm³/mol. The molecule has 2 aromatic heterocycles. The molecule has 2 heterocycles. The van der Waals surface area contributed by atoms with E-state index in [0.717, 1.165) is 21.8 Å². The Bertz CT molecular complexity index is 1990. The smallest absolute Gasteiger partial charge is 0.326 e. The zero-order valence-corrected chi connectivity index (χ0v) is 31.6. The first kappa shape index (κ1) is 42.0. The third-order valence-corrected chi connectivity index (χ3v) is 9.75. The van der Waals surface area contributed by atoms with Gasteiger partial charge in [0.15, 0.2) is 0 Å². The first-order chi connectivity index (χ1) is 26.1. The van der Waals surface area contributed by atoms with Crippen LogP contribution in [-0.2, 0) is 41.6 Å². The van der Waals surface area contributed by atoms with Gasteiger partial charge in [0, 0.05) is 47.0 Å². The highest BCUT2D eigenvalue weighted by atomic mass is 16.4. The number of rotatable bonds is 19. The van der Waals surface area contributed by atoms with Gasteiger partial charge in [-0.15, -0.1) is 0 Å². The van der Waals surface area contributed by atoms with E-state index in [4.69, 9.17) is 5.73 Å². The van der Waals surface area contributed by atoms with Gasteiger partial charge in [-0.3, -0.25) is 24.0 Å². The molecule has 0 aliphatic rings. The molecule has 0 fully saturated rings. The van der Waals surface area contributed by atoms with Gasteiger partial charge in [0.2, 0.25) is 29.5 Å². The Morgan fingerprint density at radius 2 is 1.11 bits per heavy atom. The number of aliphatic hydroxyl groups excluding tert-OH is 1. The molecule has 0 saturated heterocycles. The van der Waals surface area contributed by atoms with Crippen molar-refractivity contribution in [1.82, 2.24) is 36.6 Å². The number of nitrogens with one attached hydrogen (secondary N) is 7. The van der Waals surface area contributed by atoms with Crippen molar-refractivity contribution >= 4 is 57.3 Å². The van der Waals surface area contributed by atoms with Crippen LogP contribution in [0.4, 0.5) is 0 Å². The molecule has 11 N–H and O–H groups in total. The molecule has 296 valence electrons. The van der Waals surface area contributed by atoms with Gasteiger partial charge in [-0.1, -0.05) is 70.5 Å². The SMILES string of the molecule is CCC(C)C(NC(=O)CN)C(=O)NC(Cc1c[nH]c2ccccc12)C(=O)NC(C(=O)NC(Cc1c[nH]c2ccccc12)C(=O)NC(C(=O)O)C(C)C)C(C)O. The molecule has 16 heteroatoms. The van der Waals surface area contributed by atoms with Gasteiger partial charge in [0.25, 0.3) is 0 Å². The van der Waals surface area contributed by atoms with Crippen LogP contribution in [0.15, 0.2) is 60.9 Å². The fourth-order valence-electron chi connectivity index (χ4n) is 6.34. The van der Waals surface area contributed by atoms with E-state index in [0.29, 0.717) is 17.5 Å². The number of amides is 5. The lowest BCUT2D eigenvalue weighted by molar-refractivity contribution is -0.143. The van der Waals surface area contributed by atoms with Crippen LogP contribution in [0.2, 0.25) is 0 Å². The summed E-state index contributed by atoms with van der Waals surface area (Å²) in [5, 5.41) is 35.2. The number of hydrogen-bond donors (Lipinski definition) is 10. The van der Waals surface area contributed by atoms with Gasteiger partial charge in [0.1, 0.15) is 30.2 Å². The van der Waals surface area contributed by atoms with Crippen molar-refractivity contribution in [2.75, 3.05) is 6.54 Å². The minimum Gasteiger partial charge on any atom is -0.480 e. The molecule has 16 nitrogen and oxygen atoms in total. The van der Waals surface area contributed by atoms with Crippen molar-refractivity contribution in [1.29, 1.82) is 0 Å². The summed E-state index contributed by atoms with van der Waals surface area (Å²) in [6.45, 7) is 7.82. The summed E-state index contributed by atoms with van der Waals surface area (Å²) in [4.78, 5) is 86.0. The van der Waals surface area contributed by atoms with Gasteiger partial charge in [-0.2, -0.15) is 0 Å². The fraction of sp³-hybridized carbons (Fsp3) is 0.436. The molecule has 7 unspecified atom stereocenters. The zero-order chi connectivity index (χ0) is 40.4. The number of carbonyl (C=O) groups excluding carboxylic acids is 5. The maximum absolute atomic E-state index is 14.1. The van der Waals surface area contributed by atoms with Crippen molar-refractivity contribution in [3.05, 3.63) is 72.1 Å². The number of para-hydroxylation sites is 2. The summed E-state index contributed by atoms with van der Waals surface area (Å²) < 4.78 is 0. The average Bonchev–Trinajstić information content (AvgIpc) is 3.77. The second-order valence-electron chi connectivity index (χ2n) is 14.2. The maximum Gasteiger partial charge on any atom is 0.326 e. The monoisotopic (exact) mass is 760 g/mol. The Labute approximate surface area is 318 Å². The summed E-state index contributed by atoms with van der Waals surface area (Å²) in [6.07, 6.45) is 2.33. The van der Waals surface area contributed by atoms with Crippen LogP contribution < -0.4 is 32.3 Å². The molecule has 5 amide bonds. The Morgan fingerprint density at radius 1 is 0.655 bits per heavy atom. The highest BCUT2D eigenvalue weighted by Crippen LogP contribution is 2.21. The number of carbonyl (C=O) groups is 6. The van der Waals surface area contributed by atoms with Crippen LogP contribution in [-0.4, -0.2) is 98.5 Å². The molecular weight excluding hydrogens is 708 g/mol. The minimum absolute atomic E-state index is 0.0365. The standard InChI is InChI=1S/C39H52N8O8/c1-6-21(4)33(45-31(49)17-40)37(52)43-30(16-24-19-42-28-14-10-8-12-26(24)28)36(51)47-34(22(5)48)38(53)44-29(35(50)46-32(20(2)3)39(54)55)15-23-18-41-27-13-9-7-11-25(23)27/h7-14,18-22,29-30,32-34,41-42,48H,6,15-17,40H2,1-5H3,(H,43,52)(H,44,53)(H,45,49)(H,46,50)(H,47,51)(H,54,55). The van der Waals surface area contributed by atoms with Crippen LogP contribution in [0.1, 0.15) is 52.2 Å². The van der Waals surface area contributed by atoms with E-state index in [1.165, 1.54) is 6.92 Å². The van der Waals surface area contributed by atoms with Gasteiger partial charge in [-0.25, -0.2) is 4.79 Å². The lowest BCUT2D eigenvalue weighted by Crippen LogP contribution is -2.62. The van der Waals surface area contributed by atoms with Crippen molar-refractivity contribution < 1.29 is 39.0 Å². The van der Waals surface area contributed by atoms with Crippen molar-refractivity contribution in [2.45, 2.75) is 90.2 Å². The number of benzene rings is 2. The molecule has 2 aromatic carbocycles. The quantitative estimate of drug-likeness (QED) is 0.0653. The lowest BCUT2D eigenvalue weighted by atomic mass is 9.97. The van der Waals surface area contributed by atoms with E-state index in [-0.39, 0.29) is 25.3 Å². The number of H-pyrrole nitrogens is 2.